The van der Waals surface area contributed by atoms with E-state index in [9.17, 15) is 4.79 Å². The number of aromatic nitrogens is 2. The van der Waals surface area contributed by atoms with Crippen molar-refractivity contribution in [3.63, 3.8) is 0 Å². The molecule has 4 aromatic rings. The number of nitrogens with two attached hydrogens (primary N) is 1. The summed E-state index contributed by atoms with van der Waals surface area (Å²) in [5, 5.41) is 2.81. The molecule has 9 heteroatoms. The maximum Gasteiger partial charge on any atom is 0.250 e. The Kier molecular flexibility index (Phi) is 5.30. The van der Waals surface area contributed by atoms with Gasteiger partial charge < -0.3 is 20.2 Å². The molecule has 3 heterocycles. The third kappa shape index (κ3) is 3.33. The van der Waals surface area contributed by atoms with E-state index in [4.69, 9.17) is 22.1 Å². The highest BCUT2D eigenvalue weighted by atomic mass is 35.5. The number of amides is 1. The number of primary amides is 1. The highest BCUT2D eigenvalue weighted by Gasteiger charge is 2.43. The molecule has 5 rings (SSSR count). The number of halogens is 3. The molecule has 0 spiro atoms. The number of nitrogens with zero attached hydrogens (tertiary/aromatic N) is 2. The van der Waals surface area contributed by atoms with Crippen LogP contribution in [0, 0.1) is 18.6 Å². The Bertz CT molecular complexity index is 1460. The van der Waals surface area contributed by atoms with E-state index >= 15 is 8.78 Å². The van der Waals surface area contributed by atoms with Crippen LogP contribution in [0.4, 0.5) is 8.78 Å². The van der Waals surface area contributed by atoms with Crippen LogP contribution < -0.4 is 15.8 Å². The molecule has 6 nitrogen and oxygen atoms in total. The SMILES string of the molecule is CNC[C@@]1(c2ccccc2)Cc2c(cc(F)c(Cl)c2-c2c(C(N)=O)cn3cc(C)nc3c2F)O1. The van der Waals surface area contributed by atoms with Gasteiger partial charge in [0, 0.05) is 48.1 Å². The Morgan fingerprint density at radius 2 is 2.00 bits per heavy atom. The standard InChI is InChI=1S/C25H21ClF2N4O2/c1-13-10-32-11-16(23(29)33)20(22(28)24(32)31-13)19-15-9-25(12-30-2,14-6-4-3-5-7-14)34-18(15)8-17(27)21(19)26/h3-8,10-11,30H,9,12H2,1-2H3,(H2,29,33)/t25-/m1/s1. The van der Waals surface area contributed by atoms with Crippen LogP contribution >= 0.6 is 11.6 Å². The van der Waals surface area contributed by atoms with E-state index in [2.05, 4.69) is 10.3 Å². The lowest BCUT2D eigenvalue weighted by molar-refractivity contribution is 0.0940. The van der Waals surface area contributed by atoms with Crippen molar-refractivity contribution in [2.45, 2.75) is 18.9 Å². The van der Waals surface area contributed by atoms with Gasteiger partial charge in [-0.1, -0.05) is 41.9 Å². The van der Waals surface area contributed by atoms with E-state index in [0.717, 1.165) is 5.56 Å². The molecule has 1 aliphatic heterocycles. The van der Waals surface area contributed by atoms with Crippen molar-refractivity contribution in [2.75, 3.05) is 13.6 Å². The fourth-order valence-electron chi connectivity index (χ4n) is 4.73. The summed E-state index contributed by atoms with van der Waals surface area (Å²) < 4.78 is 38.7. The molecule has 0 radical (unpaired) electrons. The lowest BCUT2D eigenvalue weighted by Gasteiger charge is -2.29. The maximum absolute atomic E-state index is 15.9. The number of hydrogen-bond donors (Lipinski definition) is 2. The normalized spacial score (nSPS) is 17.1. The number of ether oxygens (including phenoxy) is 1. The Hall–Kier alpha value is -3.49. The average molecular weight is 483 g/mol. The predicted molar refractivity (Wildman–Crippen MR) is 125 cm³/mol. The third-order valence-electron chi connectivity index (χ3n) is 6.14. The number of benzene rings is 2. The van der Waals surface area contributed by atoms with Crippen molar-refractivity contribution in [3.05, 3.63) is 87.8 Å². The molecule has 0 saturated carbocycles. The second-order valence-corrected chi connectivity index (χ2v) is 8.78. The summed E-state index contributed by atoms with van der Waals surface area (Å²) in [6.07, 6.45) is 3.22. The molecule has 0 fully saturated rings. The number of carbonyl (C=O) groups is 1. The number of carbonyl (C=O) groups excluding carboxylic acids is 1. The molecule has 2 aromatic heterocycles. The monoisotopic (exact) mass is 482 g/mol. The van der Waals surface area contributed by atoms with Crippen LogP contribution in [-0.2, 0) is 12.0 Å². The van der Waals surface area contributed by atoms with Gasteiger partial charge in [-0.3, -0.25) is 4.79 Å². The third-order valence-corrected chi connectivity index (χ3v) is 6.51. The molecule has 1 atom stereocenters. The summed E-state index contributed by atoms with van der Waals surface area (Å²) in [7, 11) is 1.78. The molecular formula is C25H21ClF2N4O2. The molecule has 0 unspecified atom stereocenters. The molecule has 0 saturated heterocycles. The van der Waals surface area contributed by atoms with E-state index in [1.54, 1.807) is 20.2 Å². The minimum atomic E-state index is -0.887. The first-order valence-electron chi connectivity index (χ1n) is 10.6. The summed E-state index contributed by atoms with van der Waals surface area (Å²) in [5.74, 6) is -2.26. The molecular weight excluding hydrogens is 462 g/mol. The second-order valence-electron chi connectivity index (χ2n) is 8.40. The van der Waals surface area contributed by atoms with Gasteiger partial charge in [0.2, 0.25) is 0 Å². The molecule has 2 aromatic carbocycles. The first kappa shape index (κ1) is 22.3. The van der Waals surface area contributed by atoms with Crippen LogP contribution in [0.3, 0.4) is 0 Å². The average Bonchev–Trinajstić information content (AvgIpc) is 3.36. The van der Waals surface area contributed by atoms with E-state index in [-0.39, 0.29) is 39.5 Å². The summed E-state index contributed by atoms with van der Waals surface area (Å²) in [5.41, 5.74) is 6.32. The van der Waals surface area contributed by atoms with Crippen molar-refractivity contribution in [1.29, 1.82) is 0 Å². The largest absolute Gasteiger partial charge is 0.480 e. The minimum Gasteiger partial charge on any atom is -0.480 e. The van der Waals surface area contributed by atoms with Crippen molar-refractivity contribution < 1.29 is 18.3 Å². The quantitative estimate of drug-likeness (QED) is 0.442. The number of nitrogens with one attached hydrogen (secondary N) is 1. The van der Waals surface area contributed by atoms with E-state index in [1.807, 2.05) is 30.3 Å². The van der Waals surface area contributed by atoms with Gasteiger partial charge in [0.05, 0.1) is 16.3 Å². The number of imidazole rings is 1. The fraction of sp³-hybridized carbons (Fsp3) is 0.200. The van der Waals surface area contributed by atoms with Crippen molar-refractivity contribution in [3.8, 4) is 16.9 Å². The van der Waals surface area contributed by atoms with Gasteiger partial charge in [-0.25, -0.2) is 13.8 Å². The highest BCUT2D eigenvalue weighted by Crippen LogP contribution is 2.50. The zero-order valence-corrected chi connectivity index (χ0v) is 19.2. The second kappa shape index (κ2) is 8.07. The van der Waals surface area contributed by atoms with Crippen LogP contribution in [0.1, 0.15) is 27.2 Å². The predicted octanol–water partition coefficient (Wildman–Crippen LogP) is 4.39. The summed E-state index contributed by atoms with van der Waals surface area (Å²) >= 11 is 6.44. The van der Waals surface area contributed by atoms with Gasteiger partial charge in [-0.15, -0.1) is 0 Å². The van der Waals surface area contributed by atoms with Gasteiger partial charge in [0.1, 0.15) is 11.6 Å². The molecule has 1 aliphatic rings. The molecule has 0 bridgehead atoms. The zero-order chi connectivity index (χ0) is 24.2. The molecule has 174 valence electrons. The molecule has 1 amide bonds. The lowest BCUT2D eigenvalue weighted by atomic mass is 9.85. The Balaban J connectivity index is 1.81. The number of likely N-dealkylation sites (N-methyl/N-ethyl adjacent to an activating group) is 1. The van der Waals surface area contributed by atoms with Crippen LogP contribution in [0.5, 0.6) is 5.75 Å². The van der Waals surface area contributed by atoms with Crippen molar-refractivity contribution in [1.82, 2.24) is 14.7 Å². The lowest BCUT2D eigenvalue weighted by Crippen LogP contribution is -2.41. The van der Waals surface area contributed by atoms with Crippen LogP contribution in [0.25, 0.3) is 16.8 Å². The van der Waals surface area contributed by atoms with Crippen LogP contribution in [0.15, 0.2) is 48.8 Å². The number of hydrogen-bond acceptors (Lipinski definition) is 4. The number of rotatable bonds is 5. The van der Waals surface area contributed by atoms with Gasteiger partial charge in [0.15, 0.2) is 17.1 Å². The van der Waals surface area contributed by atoms with Crippen molar-refractivity contribution >= 4 is 23.2 Å². The van der Waals surface area contributed by atoms with Crippen LogP contribution in [0.2, 0.25) is 5.02 Å². The fourth-order valence-corrected chi connectivity index (χ4v) is 4.99. The summed E-state index contributed by atoms with van der Waals surface area (Å²) in [6.45, 7) is 2.09. The van der Waals surface area contributed by atoms with E-state index in [1.165, 1.54) is 16.7 Å². The first-order chi connectivity index (χ1) is 16.3. The topological polar surface area (TPSA) is 81.7 Å². The van der Waals surface area contributed by atoms with Gasteiger partial charge in [-0.2, -0.15) is 0 Å². The van der Waals surface area contributed by atoms with Crippen LogP contribution in [-0.4, -0.2) is 28.9 Å². The number of aryl methyl sites for hydroxylation is 1. The Morgan fingerprint density at radius 1 is 1.26 bits per heavy atom. The van der Waals surface area contributed by atoms with Gasteiger partial charge in [0.25, 0.3) is 5.91 Å². The first-order valence-corrected chi connectivity index (χ1v) is 11.0. The molecule has 34 heavy (non-hydrogen) atoms. The van der Waals surface area contributed by atoms with Crippen molar-refractivity contribution in [2.24, 2.45) is 5.73 Å². The minimum absolute atomic E-state index is 0.0185. The number of pyridine rings is 1. The molecule has 0 aliphatic carbocycles. The summed E-state index contributed by atoms with van der Waals surface area (Å²) in [4.78, 5) is 16.6. The van der Waals surface area contributed by atoms with E-state index in [0.29, 0.717) is 17.8 Å². The Labute approximate surface area is 199 Å². The number of fused-ring (bicyclic) bond motifs is 2. The highest BCUT2D eigenvalue weighted by molar-refractivity contribution is 6.34. The smallest absolute Gasteiger partial charge is 0.250 e. The van der Waals surface area contributed by atoms with E-state index < -0.39 is 23.1 Å². The Morgan fingerprint density at radius 3 is 2.68 bits per heavy atom. The summed E-state index contributed by atoms with van der Waals surface area (Å²) in [6, 6.07) is 10.7. The van der Waals surface area contributed by atoms with Gasteiger partial charge in [-0.05, 0) is 19.5 Å². The van der Waals surface area contributed by atoms with Gasteiger partial charge >= 0.3 is 0 Å². The zero-order valence-electron chi connectivity index (χ0n) is 18.5. The molecule has 3 N–H and O–H groups in total. The maximum atomic E-state index is 15.9.